The number of aromatic nitrogens is 4. The fourth-order valence-electron chi connectivity index (χ4n) is 8.81. The fraction of sp³-hybridized carbons (Fsp3) is 0.390. The summed E-state index contributed by atoms with van der Waals surface area (Å²) in [4.78, 5) is 64.7. The Labute approximate surface area is 317 Å². The lowest BCUT2D eigenvalue weighted by Crippen LogP contribution is -2.49. The number of hydrogen-bond acceptors (Lipinski definition) is 8. The number of carbonyl (C=O) groups excluding carboxylic acids is 3. The Morgan fingerprint density at radius 2 is 1.56 bits per heavy atom. The number of imidazole rings is 1. The summed E-state index contributed by atoms with van der Waals surface area (Å²) in [7, 11) is 1.73. The molecule has 3 amide bonds. The zero-order chi connectivity index (χ0) is 37.8. The van der Waals surface area contributed by atoms with E-state index in [-0.39, 0.29) is 29.7 Å². The van der Waals surface area contributed by atoms with Crippen molar-refractivity contribution in [3.05, 3.63) is 88.4 Å². The lowest BCUT2D eigenvalue weighted by atomic mass is 9.95. The topological polar surface area (TPSA) is 141 Å². The molecule has 3 N–H and O–H groups in total. The molecule has 1 atom stereocenters. The summed E-state index contributed by atoms with van der Waals surface area (Å²) in [5.74, 6) is -0.535. The van der Waals surface area contributed by atoms with Gasteiger partial charge in [0.25, 0.3) is 5.91 Å². The van der Waals surface area contributed by atoms with Crippen LogP contribution in [0.5, 0.6) is 0 Å². The van der Waals surface area contributed by atoms with Crippen LogP contribution in [0.1, 0.15) is 47.8 Å². The van der Waals surface area contributed by atoms with Crippen molar-refractivity contribution >= 4 is 40.1 Å². The molecule has 5 aromatic rings. The van der Waals surface area contributed by atoms with E-state index in [1.54, 1.807) is 23.9 Å². The highest BCUT2D eigenvalue weighted by molar-refractivity contribution is 6.00. The van der Waals surface area contributed by atoms with Crippen LogP contribution >= 0.6 is 0 Å². The number of benzene rings is 2. The van der Waals surface area contributed by atoms with Gasteiger partial charge in [-0.15, -0.1) is 0 Å². The molecule has 3 fully saturated rings. The number of aryl methyl sites for hydroxylation is 1. The molecule has 0 spiro atoms. The SMILES string of the molecule is Cn1c(=O)n(C2CCC(=O)NC2=O)c2ccc(N3CCC(CN4CCN(c5ccc(-c6cc(-c7cc8c([nH]7)CCNC8=O)ccn6)c(F)c5)CC4)CC3)cc21. The zero-order valence-electron chi connectivity index (χ0n) is 30.8. The molecule has 3 aromatic heterocycles. The Morgan fingerprint density at radius 1 is 0.800 bits per heavy atom. The molecule has 7 heterocycles. The van der Waals surface area contributed by atoms with Gasteiger partial charge in [0.1, 0.15) is 11.9 Å². The standard InChI is InChI=1S/C41H44FN9O4/c1-47-37-22-28(3-5-35(37)51(41(47)55)36-6-7-38(52)46-40(36)54)49-14-10-25(11-15-49)24-48-16-18-50(19-17-48)27-2-4-29(31(42)21-27)34-20-26(8-12-43-34)33-23-30-32(45-33)9-13-44-39(30)53/h2-5,8,12,20-23,25,36,45H,6-7,9-11,13-19,24H2,1H3,(H,44,53)(H,46,52,54). The minimum Gasteiger partial charge on any atom is -0.371 e. The molecule has 1 unspecified atom stereocenters. The predicted molar refractivity (Wildman–Crippen MR) is 208 cm³/mol. The number of halogens is 1. The number of fused-ring (bicyclic) bond motifs is 2. The van der Waals surface area contributed by atoms with Crippen molar-refractivity contribution < 1.29 is 18.8 Å². The summed E-state index contributed by atoms with van der Waals surface area (Å²) >= 11 is 0. The van der Waals surface area contributed by atoms with E-state index in [9.17, 15) is 19.2 Å². The third kappa shape index (κ3) is 6.58. The molecule has 13 nitrogen and oxygen atoms in total. The largest absolute Gasteiger partial charge is 0.371 e. The second kappa shape index (κ2) is 14.1. The molecule has 0 saturated carbocycles. The number of piperidine rings is 2. The molecular weight excluding hydrogens is 702 g/mol. The number of hydrogen-bond donors (Lipinski definition) is 3. The monoisotopic (exact) mass is 745 g/mol. The first kappa shape index (κ1) is 35.0. The summed E-state index contributed by atoms with van der Waals surface area (Å²) in [5, 5.41) is 5.24. The van der Waals surface area contributed by atoms with Gasteiger partial charge in [-0.3, -0.25) is 38.7 Å². The lowest BCUT2D eigenvalue weighted by Gasteiger charge is -2.40. The molecule has 4 aliphatic rings. The Hall–Kier alpha value is -5.76. The van der Waals surface area contributed by atoms with Crippen LogP contribution in [0.2, 0.25) is 0 Å². The fourth-order valence-corrected chi connectivity index (χ4v) is 8.81. The molecule has 9 rings (SSSR count). The average Bonchev–Trinajstić information content (AvgIpc) is 3.75. The van der Waals surface area contributed by atoms with Gasteiger partial charge in [0.2, 0.25) is 11.8 Å². The smallest absolute Gasteiger partial charge is 0.329 e. The van der Waals surface area contributed by atoms with Crippen LogP contribution in [-0.2, 0) is 23.1 Å². The lowest BCUT2D eigenvalue weighted by molar-refractivity contribution is -0.135. The summed E-state index contributed by atoms with van der Waals surface area (Å²) in [6.07, 6.45) is 5.09. The van der Waals surface area contributed by atoms with Gasteiger partial charge in [-0.05, 0) is 79.8 Å². The number of imide groups is 1. The molecule has 0 radical (unpaired) electrons. The van der Waals surface area contributed by atoms with E-state index in [1.807, 2.05) is 48.5 Å². The van der Waals surface area contributed by atoms with Gasteiger partial charge in [-0.1, -0.05) is 0 Å². The van der Waals surface area contributed by atoms with Crippen LogP contribution in [0.3, 0.4) is 0 Å². The van der Waals surface area contributed by atoms with Gasteiger partial charge >= 0.3 is 5.69 Å². The van der Waals surface area contributed by atoms with Crippen LogP contribution in [0.4, 0.5) is 15.8 Å². The highest BCUT2D eigenvalue weighted by atomic mass is 19.1. The number of rotatable bonds is 7. The van der Waals surface area contributed by atoms with Crippen LogP contribution in [0.15, 0.2) is 65.6 Å². The number of carbonyl (C=O) groups is 3. The molecule has 55 heavy (non-hydrogen) atoms. The minimum atomic E-state index is -0.694. The van der Waals surface area contributed by atoms with E-state index in [1.165, 1.54) is 4.57 Å². The number of anilines is 2. The maximum absolute atomic E-state index is 15.6. The molecule has 2 aromatic carbocycles. The average molecular weight is 746 g/mol. The molecule has 14 heteroatoms. The van der Waals surface area contributed by atoms with Crippen molar-refractivity contribution in [1.82, 2.24) is 34.6 Å². The van der Waals surface area contributed by atoms with Crippen LogP contribution in [0, 0.1) is 11.7 Å². The van der Waals surface area contributed by atoms with Gasteiger partial charge in [0.15, 0.2) is 0 Å². The van der Waals surface area contributed by atoms with Crippen LogP contribution < -0.4 is 26.1 Å². The Kier molecular flexibility index (Phi) is 8.99. The van der Waals surface area contributed by atoms with Crippen molar-refractivity contribution in [2.24, 2.45) is 13.0 Å². The summed E-state index contributed by atoms with van der Waals surface area (Å²) in [6.45, 7) is 6.98. The first-order chi connectivity index (χ1) is 26.7. The number of nitrogens with one attached hydrogen (secondary N) is 3. The molecular formula is C41H44FN9O4. The maximum Gasteiger partial charge on any atom is 0.329 e. The molecule has 0 bridgehead atoms. The number of H-pyrrole nitrogens is 1. The zero-order valence-corrected chi connectivity index (χ0v) is 30.8. The van der Waals surface area contributed by atoms with Gasteiger partial charge in [0, 0.05) is 112 Å². The molecule has 4 aliphatic heterocycles. The van der Waals surface area contributed by atoms with E-state index in [0.29, 0.717) is 41.2 Å². The number of nitrogens with zero attached hydrogens (tertiary/aromatic N) is 6. The van der Waals surface area contributed by atoms with Gasteiger partial charge in [-0.25, -0.2) is 9.18 Å². The predicted octanol–water partition coefficient (Wildman–Crippen LogP) is 3.84. The summed E-state index contributed by atoms with van der Waals surface area (Å²) in [5.41, 5.74) is 7.38. The van der Waals surface area contributed by atoms with E-state index < -0.39 is 11.9 Å². The minimum absolute atomic E-state index is 0.0771. The van der Waals surface area contributed by atoms with Crippen molar-refractivity contribution in [3.8, 4) is 22.5 Å². The quantitative estimate of drug-likeness (QED) is 0.214. The summed E-state index contributed by atoms with van der Waals surface area (Å²) < 4.78 is 18.8. The highest BCUT2D eigenvalue weighted by Gasteiger charge is 2.32. The van der Waals surface area contributed by atoms with Crippen molar-refractivity contribution in [1.29, 1.82) is 0 Å². The second-order valence-corrected chi connectivity index (χ2v) is 15.2. The summed E-state index contributed by atoms with van der Waals surface area (Å²) in [6, 6.07) is 16.3. The molecule has 0 aliphatic carbocycles. The van der Waals surface area contributed by atoms with E-state index >= 15 is 4.39 Å². The van der Waals surface area contributed by atoms with E-state index in [0.717, 1.165) is 98.9 Å². The third-order valence-corrected chi connectivity index (χ3v) is 11.9. The normalized spacial score (nSPS) is 19.8. The number of amides is 3. The highest BCUT2D eigenvalue weighted by Crippen LogP contribution is 2.32. The van der Waals surface area contributed by atoms with Crippen molar-refractivity contribution in [2.45, 2.75) is 38.1 Å². The maximum atomic E-state index is 15.6. The molecule has 3 saturated heterocycles. The van der Waals surface area contributed by atoms with E-state index in [4.69, 9.17) is 0 Å². The number of pyridine rings is 1. The van der Waals surface area contributed by atoms with E-state index in [2.05, 4.69) is 35.3 Å². The number of piperazine rings is 1. The van der Waals surface area contributed by atoms with Crippen LogP contribution in [0.25, 0.3) is 33.5 Å². The Morgan fingerprint density at radius 3 is 2.33 bits per heavy atom. The Balaban J connectivity index is 0.790. The van der Waals surface area contributed by atoms with Crippen LogP contribution in [-0.4, -0.2) is 94.1 Å². The van der Waals surface area contributed by atoms with Gasteiger partial charge in [0.05, 0.1) is 22.3 Å². The number of aromatic amines is 1. The first-order valence-corrected chi connectivity index (χ1v) is 19.2. The first-order valence-electron chi connectivity index (χ1n) is 19.2. The van der Waals surface area contributed by atoms with Gasteiger partial charge < -0.3 is 20.1 Å². The van der Waals surface area contributed by atoms with Gasteiger partial charge in [-0.2, -0.15) is 0 Å². The third-order valence-electron chi connectivity index (χ3n) is 11.9. The second-order valence-electron chi connectivity index (χ2n) is 15.2. The van der Waals surface area contributed by atoms with Crippen molar-refractivity contribution in [3.63, 3.8) is 0 Å². The molecule has 284 valence electrons. The van der Waals surface area contributed by atoms with Crippen molar-refractivity contribution in [2.75, 3.05) is 62.2 Å². The Bertz CT molecular complexity index is 2380.